The maximum Gasteiger partial charge on any atom is 0.422 e. The number of rotatable bonds is 7. The van der Waals surface area contributed by atoms with Crippen LogP contribution in [-0.2, 0) is 30.0 Å². The molecule has 0 saturated heterocycles. The van der Waals surface area contributed by atoms with Crippen molar-refractivity contribution in [2.45, 2.75) is 31.4 Å². The lowest BCUT2D eigenvalue weighted by atomic mass is 9.91. The quantitative estimate of drug-likeness (QED) is 0.345. The molecule has 2 aromatic carbocycles. The fourth-order valence-electron chi connectivity index (χ4n) is 4.95. The predicted octanol–water partition coefficient (Wildman–Crippen LogP) is 4.12. The number of carboxylic acid groups (broad SMARTS) is 1. The number of fused-ring (bicyclic) bond motifs is 2. The number of β-amino-alcohol motifs (C(OH)–C–C–N with tert-alkyl or cyclic N) is 1. The summed E-state index contributed by atoms with van der Waals surface area (Å²) in [5.74, 6) is -0.660. The average Bonchev–Trinajstić information content (AvgIpc) is 3.48. The molecule has 200 valence electrons. The van der Waals surface area contributed by atoms with Crippen molar-refractivity contribution in [1.82, 2.24) is 19.0 Å². The Morgan fingerprint density at radius 3 is 2.59 bits per heavy atom. The van der Waals surface area contributed by atoms with Gasteiger partial charge in [-0.15, -0.1) is 0 Å². The van der Waals surface area contributed by atoms with E-state index in [9.17, 15) is 28.3 Å². The molecule has 0 amide bonds. The van der Waals surface area contributed by atoms with Gasteiger partial charge in [0.05, 0.1) is 29.4 Å². The second-order valence-corrected chi connectivity index (χ2v) is 9.52. The lowest BCUT2D eigenvalue weighted by Gasteiger charge is -2.37. The van der Waals surface area contributed by atoms with Gasteiger partial charge in [0.2, 0.25) is 5.60 Å². The highest BCUT2D eigenvalue weighted by Crippen LogP contribution is 2.44. The van der Waals surface area contributed by atoms with Gasteiger partial charge in [-0.25, -0.2) is 9.78 Å². The van der Waals surface area contributed by atoms with Crippen LogP contribution in [0.2, 0.25) is 0 Å². The summed E-state index contributed by atoms with van der Waals surface area (Å²) < 4.78 is 47.5. The second-order valence-electron chi connectivity index (χ2n) is 9.52. The van der Waals surface area contributed by atoms with Gasteiger partial charge in [-0.3, -0.25) is 4.90 Å². The average molecular weight is 536 g/mol. The third-order valence-corrected chi connectivity index (χ3v) is 6.87. The van der Waals surface area contributed by atoms with Crippen LogP contribution in [0, 0.1) is 11.3 Å². The molecule has 1 aliphatic rings. The Bertz CT molecular complexity index is 1600. The second kappa shape index (κ2) is 10.1. The third kappa shape index (κ3) is 5.16. The van der Waals surface area contributed by atoms with E-state index in [2.05, 4.69) is 4.98 Å². The lowest BCUT2D eigenvalue weighted by molar-refractivity contribution is -0.272. The zero-order chi connectivity index (χ0) is 27.8. The van der Waals surface area contributed by atoms with Crippen molar-refractivity contribution in [2.24, 2.45) is 0 Å². The van der Waals surface area contributed by atoms with Gasteiger partial charge in [-0.2, -0.15) is 18.4 Å². The maximum atomic E-state index is 14.7. The first-order chi connectivity index (χ1) is 18.6. The van der Waals surface area contributed by atoms with Crippen LogP contribution >= 0.6 is 0 Å². The van der Waals surface area contributed by atoms with E-state index in [-0.39, 0.29) is 30.6 Å². The van der Waals surface area contributed by atoms with Gasteiger partial charge in [0, 0.05) is 55.6 Å². The molecule has 0 radical (unpaired) electrons. The normalized spacial score (nSPS) is 15.8. The Balaban J connectivity index is 1.52. The highest BCUT2D eigenvalue weighted by Gasteiger charge is 2.57. The fourth-order valence-corrected chi connectivity index (χ4v) is 4.95. The number of aliphatic hydroxyl groups is 1. The zero-order valence-corrected chi connectivity index (χ0v) is 20.6. The number of imidazole rings is 1. The lowest BCUT2D eigenvalue weighted by Crippen LogP contribution is -2.52. The topological polar surface area (TPSA) is 107 Å². The molecule has 5 rings (SSSR count). The van der Waals surface area contributed by atoms with Crippen LogP contribution in [0.1, 0.15) is 28.2 Å². The highest BCUT2D eigenvalue weighted by molar-refractivity contribution is 5.86. The van der Waals surface area contributed by atoms with E-state index in [0.29, 0.717) is 29.1 Å². The summed E-state index contributed by atoms with van der Waals surface area (Å²) in [6, 6.07) is 15.7. The van der Waals surface area contributed by atoms with Crippen LogP contribution < -0.4 is 0 Å². The molecular weight excluding hydrogens is 511 g/mol. The molecule has 1 atom stereocenters. The predicted molar refractivity (Wildman–Crippen MR) is 136 cm³/mol. The summed E-state index contributed by atoms with van der Waals surface area (Å²) in [5, 5.41) is 29.9. The van der Waals surface area contributed by atoms with Gasteiger partial charge in [-0.1, -0.05) is 36.4 Å². The Morgan fingerprint density at radius 1 is 1.13 bits per heavy atom. The molecule has 4 aromatic rings. The summed E-state index contributed by atoms with van der Waals surface area (Å²) in [6.45, 7) is 0.131. The minimum absolute atomic E-state index is 0.0422. The van der Waals surface area contributed by atoms with Crippen LogP contribution in [0.5, 0.6) is 0 Å². The molecule has 2 N–H and O–H groups in total. The van der Waals surface area contributed by atoms with E-state index in [1.807, 2.05) is 36.4 Å². The largest absolute Gasteiger partial charge is 0.478 e. The number of aromatic nitrogens is 3. The molecule has 0 fully saturated rings. The van der Waals surface area contributed by atoms with E-state index in [0.717, 1.165) is 11.6 Å². The number of hydrogen-bond acceptors (Lipinski definition) is 5. The standard InChI is InChI=1S/C28H24F3N5O3/c29-28(30,31)27(39,18-34-10-11-35-15-21(7-9-26(37)38)33-25(35)17-34)23-16-36(14-19-4-2-1-3-5-19)24-12-20(13-32)6-8-22(23)24/h1-9,12,15-16,39H,10-11,14,17-18H2,(H,37,38)/b9-7+. The summed E-state index contributed by atoms with van der Waals surface area (Å²) in [6.07, 6.45) is 0.228. The Hall–Kier alpha value is -4.40. The number of carboxylic acids is 1. The van der Waals surface area contributed by atoms with Gasteiger partial charge in [-0.05, 0) is 23.8 Å². The number of alkyl halides is 3. The van der Waals surface area contributed by atoms with Crippen LogP contribution in [-0.4, -0.2) is 54.5 Å². The number of hydrogen-bond donors (Lipinski definition) is 2. The molecule has 0 bridgehead atoms. The van der Waals surface area contributed by atoms with Crippen molar-refractivity contribution in [3.05, 3.63) is 95.2 Å². The molecule has 0 spiro atoms. The number of nitrogens with zero attached hydrogens (tertiary/aromatic N) is 5. The number of nitriles is 1. The Labute approximate surface area is 221 Å². The number of carbonyl (C=O) groups is 1. The SMILES string of the molecule is N#Cc1ccc2c(C(O)(CN3CCn4cc(/C=C/C(=O)O)nc4C3)C(F)(F)F)cn(Cc3ccccc3)c2c1. The van der Waals surface area contributed by atoms with Gasteiger partial charge < -0.3 is 19.3 Å². The zero-order valence-electron chi connectivity index (χ0n) is 20.6. The minimum atomic E-state index is -5.00. The van der Waals surface area contributed by atoms with Crippen LogP contribution in [0.3, 0.4) is 0 Å². The molecule has 3 heterocycles. The van der Waals surface area contributed by atoms with E-state index in [1.165, 1.54) is 35.4 Å². The van der Waals surface area contributed by atoms with Crippen LogP contribution in [0.25, 0.3) is 17.0 Å². The first-order valence-corrected chi connectivity index (χ1v) is 12.1. The van der Waals surface area contributed by atoms with Crippen molar-refractivity contribution < 1.29 is 28.2 Å². The summed E-state index contributed by atoms with van der Waals surface area (Å²) in [5.41, 5.74) is -1.54. The van der Waals surface area contributed by atoms with E-state index in [4.69, 9.17) is 5.11 Å². The highest BCUT2D eigenvalue weighted by atomic mass is 19.4. The van der Waals surface area contributed by atoms with Crippen molar-refractivity contribution in [1.29, 1.82) is 5.26 Å². The number of benzene rings is 2. The monoisotopic (exact) mass is 535 g/mol. The summed E-state index contributed by atoms with van der Waals surface area (Å²) in [4.78, 5) is 16.6. The summed E-state index contributed by atoms with van der Waals surface area (Å²) in [7, 11) is 0. The van der Waals surface area contributed by atoms with E-state index >= 15 is 0 Å². The molecular formula is C28H24F3N5O3. The van der Waals surface area contributed by atoms with Gasteiger partial charge in [0.1, 0.15) is 5.82 Å². The fraction of sp³-hybridized carbons (Fsp3) is 0.250. The Morgan fingerprint density at radius 2 is 1.90 bits per heavy atom. The van der Waals surface area contributed by atoms with E-state index < -0.39 is 24.3 Å². The molecule has 39 heavy (non-hydrogen) atoms. The molecule has 11 heteroatoms. The molecule has 2 aromatic heterocycles. The maximum absolute atomic E-state index is 14.7. The third-order valence-electron chi connectivity index (χ3n) is 6.87. The molecule has 1 aliphatic heterocycles. The molecule has 8 nitrogen and oxygen atoms in total. The smallest absolute Gasteiger partial charge is 0.422 e. The van der Waals surface area contributed by atoms with Crippen molar-refractivity contribution in [3.8, 4) is 6.07 Å². The van der Waals surface area contributed by atoms with Gasteiger partial charge in [0.25, 0.3) is 0 Å². The van der Waals surface area contributed by atoms with Gasteiger partial charge in [0.15, 0.2) is 0 Å². The molecule has 0 saturated carbocycles. The van der Waals surface area contributed by atoms with Crippen molar-refractivity contribution in [3.63, 3.8) is 0 Å². The minimum Gasteiger partial charge on any atom is -0.478 e. The first kappa shape index (κ1) is 26.2. The summed E-state index contributed by atoms with van der Waals surface area (Å²) >= 11 is 0. The number of halogens is 3. The first-order valence-electron chi connectivity index (χ1n) is 12.1. The van der Waals surface area contributed by atoms with Crippen LogP contribution in [0.4, 0.5) is 13.2 Å². The van der Waals surface area contributed by atoms with Crippen molar-refractivity contribution >= 4 is 22.9 Å². The molecule has 0 aliphatic carbocycles. The van der Waals surface area contributed by atoms with Crippen LogP contribution in [0.15, 0.2) is 67.0 Å². The Kier molecular flexibility index (Phi) is 6.76. The number of aliphatic carboxylic acids is 1. The van der Waals surface area contributed by atoms with Crippen molar-refractivity contribution in [2.75, 3.05) is 13.1 Å². The molecule has 1 unspecified atom stereocenters. The van der Waals surface area contributed by atoms with E-state index in [1.54, 1.807) is 15.3 Å². The van der Waals surface area contributed by atoms with Gasteiger partial charge >= 0.3 is 12.1 Å².